The molecule has 0 spiro atoms. The number of nitrogens with zero attached hydrogens (tertiary/aromatic N) is 3. The first-order valence-electron chi connectivity index (χ1n) is 8.66. The molecule has 1 aromatic carbocycles. The molecule has 0 unspecified atom stereocenters. The van der Waals surface area contributed by atoms with Crippen molar-refractivity contribution >= 4 is 21.6 Å². The van der Waals surface area contributed by atoms with Crippen LogP contribution in [0, 0.1) is 6.92 Å². The van der Waals surface area contributed by atoms with Crippen LogP contribution in [0.2, 0.25) is 0 Å². The van der Waals surface area contributed by atoms with Gasteiger partial charge in [-0.15, -0.1) is 0 Å². The molecular weight excluding hydrogens is 374 g/mol. The predicted octanol–water partition coefficient (Wildman–Crippen LogP) is 5.64. The van der Waals surface area contributed by atoms with E-state index < -0.39 is 0 Å². The van der Waals surface area contributed by atoms with Gasteiger partial charge in [-0.25, -0.2) is 0 Å². The number of aliphatic imine (C=N–C) groups is 1. The summed E-state index contributed by atoms with van der Waals surface area (Å²) in [5.41, 5.74) is 6.67. The number of pyridine rings is 1. The quantitative estimate of drug-likeness (QED) is 0.566. The number of halogens is 1. The van der Waals surface area contributed by atoms with Crippen LogP contribution in [0.3, 0.4) is 0 Å². The van der Waals surface area contributed by atoms with E-state index >= 15 is 0 Å². The Hall–Kier alpha value is -2.20. The molecule has 4 heteroatoms. The Labute approximate surface area is 156 Å². The molecule has 1 atom stereocenters. The highest BCUT2D eigenvalue weighted by Gasteiger charge is 2.25. The molecule has 0 saturated heterocycles. The van der Waals surface area contributed by atoms with E-state index in [0.29, 0.717) is 0 Å². The molecule has 2 aromatic heterocycles. The Balaban J connectivity index is 2.03. The van der Waals surface area contributed by atoms with E-state index in [0.717, 1.165) is 34.3 Å². The van der Waals surface area contributed by atoms with Crippen molar-refractivity contribution in [1.82, 2.24) is 9.55 Å². The van der Waals surface area contributed by atoms with E-state index in [1.54, 1.807) is 0 Å². The number of aromatic nitrogens is 2. The van der Waals surface area contributed by atoms with Crippen LogP contribution < -0.4 is 0 Å². The summed E-state index contributed by atoms with van der Waals surface area (Å²) < 4.78 is 3.40. The third kappa shape index (κ3) is 2.85. The largest absolute Gasteiger partial charge is 0.315 e. The molecule has 4 rings (SSSR count). The molecule has 0 aliphatic carbocycles. The van der Waals surface area contributed by atoms with Crippen molar-refractivity contribution in [3.05, 3.63) is 81.8 Å². The molecule has 1 aliphatic heterocycles. The maximum absolute atomic E-state index is 5.19. The molecule has 3 aromatic rings. The van der Waals surface area contributed by atoms with Crippen LogP contribution in [0.5, 0.6) is 0 Å². The Morgan fingerprint density at radius 3 is 2.76 bits per heavy atom. The molecule has 0 fully saturated rings. The highest BCUT2D eigenvalue weighted by atomic mass is 79.9. The minimum atomic E-state index is 0.141. The van der Waals surface area contributed by atoms with Crippen LogP contribution in [0.1, 0.15) is 48.5 Å². The lowest BCUT2D eigenvalue weighted by Crippen LogP contribution is -2.09. The van der Waals surface area contributed by atoms with Crippen LogP contribution in [-0.4, -0.2) is 15.3 Å². The monoisotopic (exact) mass is 393 g/mol. The second-order valence-electron chi connectivity index (χ2n) is 6.39. The van der Waals surface area contributed by atoms with Gasteiger partial charge in [-0.2, -0.15) is 0 Å². The van der Waals surface area contributed by atoms with Crippen molar-refractivity contribution in [3.63, 3.8) is 0 Å². The van der Waals surface area contributed by atoms with Gasteiger partial charge in [0.2, 0.25) is 0 Å². The average molecular weight is 394 g/mol. The van der Waals surface area contributed by atoms with Crippen molar-refractivity contribution in [2.75, 3.05) is 0 Å². The molecule has 0 N–H and O–H groups in total. The van der Waals surface area contributed by atoms with E-state index in [1.807, 2.05) is 24.4 Å². The summed E-state index contributed by atoms with van der Waals surface area (Å²) in [5, 5.41) is 0. The lowest BCUT2D eigenvalue weighted by molar-refractivity contribution is 0.615. The first-order valence-corrected chi connectivity index (χ1v) is 9.46. The molecule has 0 amide bonds. The van der Waals surface area contributed by atoms with E-state index in [-0.39, 0.29) is 6.04 Å². The van der Waals surface area contributed by atoms with Crippen LogP contribution in [0.25, 0.3) is 5.69 Å². The van der Waals surface area contributed by atoms with Gasteiger partial charge in [-0.1, -0.05) is 35.3 Å². The van der Waals surface area contributed by atoms with Gasteiger partial charge in [-0.05, 0) is 55.8 Å². The molecule has 126 valence electrons. The third-order valence-electron chi connectivity index (χ3n) is 4.66. The number of aryl methyl sites for hydroxylation is 1. The van der Waals surface area contributed by atoms with Crippen molar-refractivity contribution in [2.45, 2.75) is 32.7 Å². The Morgan fingerprint density at radius 2 is 2.00 bits per heavy atom. The van der Waals surface area contributed by atoms with Crippen LogP contribution >= 0.6 is 15.9 Å². The lowest BCUT2D eigenvalue weighted by Gasteiger charge is -2.15. The summed E-state index contributed by atoms with van der Waals surface area (Å²) in [6, 6.07) is 17.0. The van der Waals surface area contributed by atoms with Gasteiger partial charge >= 0.3 is 0 Å². The van der Waals surface area contributed by atoms with Crippen LogP contribution in [0.4, 0.5) is 0 Å². The van der Waals surface area contributed by atoms with E-state index in [9.17, 15) is 0 Å². The van der Waals surface area contributed by atoms with Crippen molar-refractivity contribution < 1.29 is 0 Å². The molecule has 25 heavy (non-hydrogen) atoms. The second kappa shape index (κ2) is 6.60. The van der Waals surface area contributed by atoms with Gasteiger partial charge < -0.3 is 4.57 Å². The Kier molecular flexibility index (Phi) is 4.30. The second-order valence-corrected chi connectivity index (χ2v) is 7.31. The normalized spacial score (nSPS) is 16.0. The minimum Gasteiger partial charge on any atom is -0.315 e. The number of fused-ring (bicyclic) bond motifs is 3. The summed E-state index contributed by atoms with van der Waals surface area (Å²) in [4.78, 5) is 9.77. The van der Waals surface area contributed by atoms with E-state index in [2.05, 4.69) is 69.7 Å². The van der Waals surface area contributed by atoms with E-state index in [1.165, 1.54) is 17.1 Å². The maximum Gasteiger partial charge on any atom is 0.0932 e. The lowest BCUT2D eigenvalue weighted by atomic mass is 10.0. The Bertz CT molecular complexity index is 941. The maximum atomic E-state index is 5.19. The summed E-state index contributed by atoms with van der Waals surface area (Å²) in [6.45, 7) is 4.37. The first kappa shape index (κ1) is 16.3. The molecule has 0 bridgehead atoms. The fourth-order valence-electron chi connectivity index (χ4n) is 3.53. The highest BCUT2D eigenvalue weighted by Crippen LogP contribution is 2.35. The fraction of sp³-hybridized carbons (Fsp3) is 0.238. The number of rotatable bonds is 3. The smallest absolute Gasteiger partial charge is 0.0932 e. The van der Waals surface area contributed by atoms with Crippen molar-refractivity contribution in [3.8, 4) is 5.69 Å². The van der Waals surface area contributed by atoms with Gasteiger partial charge in [0.1, 0.15) is 0 Å². The van der Waals surface area contributed by atoms with Gasteiger partial charge in [0.15, 0.2) is 0 Å². The summed E-state index contributed by atoms with van der Waals surface area (Å²) in [5.74, 6) is 0. The minimum absolute atomic E-state index is 0.141. The average Bonchev–Trinajstić information content (AvgIpc) is 2.94. The first-order chi connectivity index (χ1) is 12.2. The van der Waals surface area contributed by atoms with E-state index in [4.69, 9.17) is 4.99 Å². The van der Waals surface area contributed by atoms with Crippen LogP contribution in [-0.2, 0) is 0 Å². The topological polar surface area (TPSA) is 30.2 Å². The zero-order chi connectivity index (χ0) is 17.4. The summed E-state index contributed by atoms with van der Waals surface area (Å²) >= 11 is 3.63. The van der Waals surface area contributed by atoms with Gasteiger partial charge in [0.25, 0.3) is 0 Å². The number of benzene rings is 1. The summed E-state index contributed by atoms with van der Waals surface area (Å²) in [6.07, 6.45) is 3.95. The van der Waals surface area contributed by atoms with Gasteiger partial charge in [-0.3, -0.25) is 9.98 Å². The van der Waals surface area contributed by atoms with Gasteiger partial charge in [0.05, 0.1) is 23.1 Å². The number of hydrogen-bond acceptors (Lipinski definition) is 2. The number of hydrogen-bond donors (Lipinski definition) is 0. The molecular formula is C21H20BrN3. The highest BCUT2D eigenvalue weighted by molar-refractivity contribution is 9.10. The van der Waals surface area contributed by atoms with Crippen LogP contribution in [0.15, 0.2) is 64.2 Å². The van der Waals surface area contributed by atoms with Gasteiger partial charge in [0, 0.05) is 27.6 Å². The SMILES string of the molecule is CCC[C@@H]1N=C(c2ccccn2)c2cc(Br)ccc2-n2c(C)ccc21. The standard InChI is InChI=1S/C21H20BrN3/c1-3-6-17-20-10-8-14(2)25(20)19-11-9-15(22)13-16(19)21(24-17)18-7-4-5-12-23-18/h4-5,7-13,17H,3,6H2,1-2H3/t17-/m0/s1. The zero-order valence-corrected chi connectivity index (χ0v) is 16.0. The fourth-order valence-corrected chi connectivity index (χ4v) is 3.89. The summed E-state index contributed by atoms with van der Waals surface area (Å²) in [7, 11) is 0. The molecule has 3 heterocycles. The predicted molar refractivity (Wildman–Crippen MR) is 106 cm³/mol. The molecule has 3 nitrogen and oxygen atoms in total. The molecule has 0 saturated carbocycles. The molecule has 0 radical (unpaired) electrons. The molecule has 1 aliphatic rings. The van der Waals surface area contributed by atoms with Crippen molar-refractivity contribution in [2.24, 2.45) is 4.99 Å². The zero-order valence-electron chi connectivity index (χ0n) is 14.4. The van der Waals surface area contributed by atoms with Crippen molar-refractivity contribution in [1.29, 1.82) is 0 Å². The Morgan fingerprint density at radius 1 is 1.12 bits per heavy atom. The third-order valence-corrected chi connectivity index (χ3v) is 5.15.